The number of carbonyl (C=O) groups excluding carboxylic acids is 1. The van der Waals surface area contributed by atoms with Gasteiger partial charge in [-0.15, -0.1) is 0 Å². The summed E-state index contributed by atoms with van der Waals surface area (Å²) in [6.45, 7) is 0.883. The van der Waals surface area contributed by atoms with Gasteiger partial charge in [0.15, 0.2) is 5.76 Å². The predicted octanol–water partition coefficient (Wildman–Crippen LogP) is 3.87. The third kappa shape index (κ3) is 3.98. The Morgan fingerprint density at radius 1 is 1.11 bits per heavy atom. The molecule has 5 heteroatoms. The fraction of sp³-hybridized carbons (Fsp3) is 0.318. The van der Waals surface area contributed by atoms with Crippen LogP contribution in [0.1, 0.15) is 35.6 Å². The van der Waals surface area contributed by atoms with Crippen LogP contribution in [0.2, 0.25) is 0 Å². The molecule has 27 heavy (non-hydrogen) atoms. The molecule has 2 unspecified atom stereocenters. The zero-order valence-corrected chi connectivity index (χ0v) is 15.2. The summed E-state index contributed by atoms with van der Waals surface area (Å²) in [5.74, 6) is 1.88. The van der Waals surface area contributed by atoms with Gasteiger partial charge in [0.2, 0.25) is 0 Å². The summed E-state index contributed by atoms with van der Waals surface area (Å²) in [5, 5.41) is 5.35. The van der Waals surface area contributed by atoms with E-state index in [2.05, 4.69) is 17.4 Å². The number of carbonyl (C=O) groups is 1. The van der Waals surface area contributed by atoms with E-state index in [0.717, 1.165) is 30.4 Å². The summed E-state index contributed by atoms with van der Waals surface area (Å²) in [6.07, 6.45) is 3.16. The molecule has 140 valence electrons. The van der Waals surface area contributed by atoms with E-state index in [1.807, 2.05) is 30.3 Å². The Labute approximate surface area is 158 Å². The molecule has 0 radical (unpaired) electrons. The van der Waals surface area contributed by atoms with Gasteiger partial charge < -0.3 is 20.2 Å². The van der Waals surface area contributed by atoms with Gasteiger partial charge in [-0.25, -0.2) is 0 Å². The highest BCUT2D eigenvalue weighted by Crippen LogP contribution is 2.25. The molecular weight excluding hydrogens is 340 g/mol. The summed E-state index contributed by atoms with van der Waals surface area (Å²) in [5.41, 5.74) is 5.78. The van der Waals surface area contributed by atoms with Crippen LogP contribution >= 0.6 is 0 Å². The third-order valence-electron chi connectivity index (χ3n) is 5.27. The molecule has 5 nitrogen and oxygen atoms in total. The number of fused-ring (bicyclic) bond motifs is 1. The van der Waals surface area contributed by atoms with E-state index < -0.39 is 0 Å². The van der Waals surface area contributed by atoms with Crippen LogP contribution in [0, 0.1) is 5.92 Å². The van der Waals surface area contributed by atoms with Crippen molar-refractivity contribution >= 4 is 16.7 Å². The molecule has 1 saturated carbocycles. The Kier molecular flexibility index (Phi) is 5.12. The van der Waals surface area contributed by atoms with Crippen LogP contribution in [0.3, 0.4) is 0 Å². The minimum atomic E-state index is -0.183. The maximum Gasteiger partial charge on any atom is 0.287 e. The first-order valence-electron chi connectivity index (χ1n) is 9.44. The van der Waals surface area contributed by atoms with Crippen molar-refractivity contribution in [3.8, 4) is 5.75 Å². The molecule has 1 amide bonds. The van der Waals surface area contributed by atoms with Crippen molar-refractivity contribution in [3.63, 3.8) is 0 Å². The Bertz CT molecular complexity index is 934. The molecule has 1 fully saturated rings. The average molecular weight is 364 g/mol. The van der Waals surface area contributed by atoms with Gasteiger partial charge in [0.1, 0.15) is 18.1 Å². The highest BCUT2D eigenvalue weighted by atomic mass is 16.5. The van der Waals surface area contributed by atoms with Gasteiger partial charge >= 0.3 is 0 Å². The summed E-state index contributed by atoms with van der Waals surface area (Å²) in [6, 6.07) is 17.7. The maximum absolute atomic E-state index is 12.4. The van der Waals surface area contributed by atoms with Crippen molar-refractivity contribution in [2.45, 2.75) is 31.9 Å². The van der Waals surface area contributed by atoms with E-state index in [9.17, 15) is 4.79 Å². The van der Waals surface area contributed by atoms with E-state index in [1.165, 1.54) is 5.39 Å². The van der Waals surface area contributed by atoms with Crippen molar-refractivity contribution in [1.82, 2.24) is 5.32 Å². The fourth-order valence-corrected chi connectivity index (χ4v) is 3.74. The van der Waals surface area contributed by atoms with Gasteiger partial charge in [0.05, 0.1) is 0 Å². The largest absolute Gasteiger partial charge is 0.486 e. The van der Waals surface area contributed by atoms with Gasteiger partial charge in [-0.3, -0.25) is 4.79 Å². The number of hydrogen-bond acceptors (Lipinski definition) is 4. The van der Waals surface area contributed by atoms with Crippen LogP contribution < -0.4 is 15.8 Å². The number of nitrogens with two attached hydrogens (primary N) is 1. The van der Waals surface area contributed by atoms with E-state index >= 15 is 0 Å². The first-order chi connectivity index (χ1) is 13.2. The lowest BCUT2D eigenvalue weighted by atomic mass is 10.0. The van der Waals surface area contributed by atoms with Gasteiger partial charge in [-0.05, 0) is 60.3 Å². The Morgan fingerprint density at radius 3 is 2.81 bits per heavy atom. The Morgan fingerprint density at radius 2 is 1.96 bits per heavy atom. The van der Waals surface area contributed by atoms with Crippen LogP contribution in [-0.4, -0.2) is 18.5 Å². The number of rotatable bonds is 6. The summed E-state index contributed by atoms with van der Waals surface area (Å²) >= 11 is 0. The molecule has 1 aliphatic rings. The molecule has 1 aromatic heterocycles. The van der Waals surface area contributed by atoms with E-state index in [1.54, 1.807) is 12.1 Å². The molecule has 4 rings (SSSR count). The van der Waals surface area contributed by atoms with Crippen molar-refractivity contribution in [3.05, 3.63) is 66.1 Å². The summed E-state index contributed by atoms with van der Waals surface area (Å²) < 4.78 is 11.5. The molecule has 2 atom stereocenters. The highest BCUT2D eigenvalue weighted by Gasteiger charge is 2.28. The van der Waals surface area contributed by atoms with Crippen LogP contribution in [0.15, 0.2) is 59.0 Å². The van der Waals surface area contributed by atoms with Gasteiger partial charge in [-0.2, -0.15) is 0 Å². The van der Waals surface area contributed by atoms with E-state index in [0.29, 0.717) is 24.0 Å². The summed E-state index contributed by atoms with van der Waals surface area (Å²) in [7, 11) is 0. The Balaban J connectivity index is 1.36. The van der Waals surface area contributed by atoms with Gasteiger partial charge in [0.25, 0.3) is 5.91 Å². The van der Waals surface area contributed by atoms with Crippen LogP contribution in [-0.2, 0) is 6.61 Å². The minimum absolute atomic E-state index is 0.143. The smallest absolute Gasteiger partial charge is 0.287 e. The number of amides is 1. The molecule has 1 aliphatic carbocycles. The molecule has 3 N–H and O–H groups in total. The highest BCUT2D eigenvalue weighted by molar-refractivity contribution is 5.91. The first-order valence-corrected chi connectivity index (χ1v) is 9.44. The molecule has 1 heterocycles. The fourth-order valence-electron chi connectivity index (χ4n) is 3.74. The standard InChI is InChI=1S/C22H24N2O3/c23-13-17-6-3-7-20(17)24-22(25)21-11-10-19(27-21)14-26-18-9-8-15-4-1-2-5-16(15)12-18/h1-2,4-5,8-12,17,20H,3,6-7,13-14,23H2,(H,24,25). The second-order valence-electron chi connectivity index (χ2n) is 7.07. The second-order valence-corrected chi connectivity index (χ2v) is 7.07. The molecular formula is C22H24N2O3. The monoisotopic (exact) mass is 364 g/mol. The quantitative estimate of drug-likeness (QED) is 0.696. The lowest BCUT2D eigenvalue weighted by Gasteiger charge is -2.18. The number of nitrogens with one attached hydrogen (secondary N) is 1. The average Bonchev–Trinajstić information content (AvgIpc) is 3.35. The molecule has 0 aliphatic heterocycles. The normalized spacial score (nSPS) is 19.3. The van der Waals surface area contributed by atoms with E-state index in [-0.39, 0.29) is 18.6 Å². The third-order valence-corrected chi connectivity index (χ3v) is 5.27. The molecule has 0 saturated heterocycles. The zero-order valence-electron chi connectivity index (χ0n) is 15.2. The molecule has 3 aromatic rings. The molecule has 0 bridgehead atoms. The van der Waals surface area contributed by atoms with Crippen molar-refractivity contribution < 1.29 is 13.9 Å². The van der Waals surface area contributed by atoms with Gasteiger partial charge in [0, 0.05) is 6.04 Å². The van der Waals surface area contributed by atoms with Crippen LogP contribution in [0.4, 0.5) is 0 Å². The maximum atomic E-state index is 12.4. The number of furan rings is 1. The lowest BCUT2D eigenvalue weighted by Crippen LogP contribution is -2.39. The van der Waals surface area contributed by atoms with Gasteiger partial charge in [-0.1, -0.05) is 36.8 Å². The summed E-state index contributed by atoms with van der Waals surface area (Å²) in [4.78, 5) is 12.4. The second kappa shape index (κ2) is 7.84. The van der Waals surface area contributed by atoms with Crippen LogP contribution in [0.25, 0.3) is 10.8 Å². The topological polar surface area (TPSA) is 77.5 Å². The molecule has 0 spiro atoms. The zero-order chi connectivity index (χ0) is 18.6. The number of hydrogen-bond donors (Lipinski definition) is 2. The van der Waals surface area contributed by atoms with Crippen molar-refractivity contribution in [2.24, 2.45) is 11.7 Å². The van der Waals surface area contributed by atoms with Crippen LogP contribution in [0.5, 0.6) is 5.75 Å². The minimum Gasteiger partial charge on any atom is -0.486 e. The SMILES string of the molecule is NCC1CCCC1NC(=O)c1ccc(COc2ccc3ccccc3c2)o1. The molecule has 2 aromatic carbocycles. The number of ether oxygens (including phenoxy) is 1. The first kappa shape index (κ1) is 17.6. The predicted molar refractivity (Wildman–Crippen MR) is 105 cm³/mol. The number of benzene rings is 2. The van der Waals surface area contributed by atoms with Crippen molar-refractivity contribution in [1.29, 1.82) is 0 Å². The lowest BCUT2D eigenvalue weighted by molar-refractivity contribution is 0.0896. The Hall–Kier alpha value is -2.79. The van der Waals surface area contributed by atoms with Crippen molar-refractivity contribution in [2.75, 3.05) is 6.54 Å². The van der Waals surface area contributed by atoms with E-state index in [4.69, 9.17) is 14.9 Å².